The van der Waals surface area contributed by atoms with Gasteiger partial charge in [0, 0.05) is 12.2 Å². The molecule has 4 rings (SSSR count). The number of nitrogens with zero attached hydrogens (tertiary/aromatic N) is 2. The fourth-order valence-corrected chi connectivity index (χ4v) is 4.65. The summed E-state index contributed by atoms with van der Waals surface area (Å²) < 4.78 is 44.7. The van der Waals surface area contributed by atoms with Crippen molar-refractivity contribution in [2.75, 3.05) is 23.9 Å². The van der Waals surface area contributed by atoms with Gasteiger partial charge in [-0.3, -0.25) is 14.5 Å². The van der Waals surface area contributed by atoms with Crippen LogP contribution in [-0.4, -0.2) is 47.5 Å². The van der Waals surface area contributed by atoms with Crippen LogP contribution >= 0.6 is 12.2 Å². The molecular weight excluding hydrogens is 531 g/mol. The number of rotatable bonds is 8. The lowest BCUT2D eigenvalue weighted by molar-refractivity contribution is -0.137. The van der Waals surface area contributed by atoms with Gasteiger partial charge in [-0.1, -0.05) is 36.4 Å². The number of hydrogen-bond acceptors (Lipinski definition) is 5. The van der Waals surface area contributed by atoms with Crippen LogP contribution in [0, 0.1) is 0 Å². The Balaban J connectivity index is 1.56. The molecule has 2 amide bonds. The zero-order chi connectivity index (χ0) is 28.2. The van der Waals surface area contributed by atoms with Gasteiger partial charge in [0.15, 0.2) is 5.11 Å². The van der Waals surface area contributed by atoms with Gasteiger partial charge in [-0.15, -0.1) is 0 Å². The molecule has 1 saturated heterocycles. The van der Waals surface area contributed by atoms with Crippen molar-refractivity contribution in [2.24, 2.45) is 0 Å². The summed E-state index contributed by atoms with van der Waals surface area (Å²) in [5.41, 5.74) is 0.731. The van der Waals surface area contributed by atoms with Crippen molar-refractivity contribution < 1.29 is 32.3 Å². The van der Waals surface area contributed by atoms with E-state index in [1.807, 2.05) is 30.3 Å². The van der Waals surface area contributed by atoms with Crippen molar-refractivity contribution in [3.63, 3.8) is 0 Å². The Morgan fingerprint density at radius 3 is 2.33 bits per heavy atom. The first kappa shape index (κ1) is 27.8. The minimum Gasteiger partial charge on any atom is -0.465 e. The summed E-state index contributed by atoms with van der Waals surface area (Å²) in [6, 6.07) is 18.8. The van der Waals surface area contributed by atoms with Gasteiger partial charge >= 0.3 is 12.1 Å². The zero-order valence-electron chi connectivity index (χ0n) is 20.8. The van der Waals surface area contributed by atoms with Crippen molar-refractivity contribution in [1.29, 1.82) is 0 Å². The molecular formula is C28H24F3N3O4S. The van der Waals surface area contributed by atoms with Gasteiger partial charge in [0.25, 0.3) is 5.91 Å². The average molecular weight is 556 g/mol. The second-order valence-electron chi connectivity index (χ2n) is 8.77. The number of benzene rings is 3. The lowest BCUT2D eigenvalue weighted by Crippen LogP contribution is -2.39. The minimum atomic E-state index is -4.60. The summed E-state index contributed by atoms with van der Waals surface area (Å²) in [6.45, 7) is 0.274. The van der Waals surface area contributed by atoms with Crippen molar-refractivity contribution in [2.45, 2.75) is 25.1 Å². The molecule has 0 saturated carbocycles. The Hall–Kier alpha value is -4.25. The quantitative estimate of drug-likeness (QED) is 0.309. The molecule has 1 fully saturated rings. The van der Waals surface area contributed by atoms with Crippen LogP contribution in [0.3, 0.4) is 0 Å². The molecule has 3 aromatic rings. The maximum absolute atomic E-state index is 13.5. The number of amides is 2. The molecule has 3 aromatic carbocycles. The molecule has 1 aliphatic heterocycles. The summed E-state index contributed by atoms with van der Waals surface area (Å²) in [6.07, 6.45) is -4.39. The van der Waals surface area contributed by atoms with Crippen molar-refractivity contribution >= 4 is 46.5 Å². The summed E-state index contributed by atoms with van der Waals surface area (Å²) >= 11 is 5.56. The van der Waals surface area contributed by atoms with E-state index < -0.39 is 35.6 Å². The third kappa shape index (κ3) is 6.43. The molecule has 7 nitrogen and oxygen atoms in total. The van der Waals surface area contributed by atoms with Gasteiger partial charge in [0.1, 0.15) is 6.04 Å². The lowest BCUT2D eigenvalue weighted by atomic mass is 10.1. The van der Waals surface area contributed by atoms with E-state index in [1.54, 1.807) is 4.90 Å². The van der Waals surface area contributed by atoms with E-state index in [0.717, 1.165) is 22.6 Å². The molecule has 1 N–H and O–H groups in total. The van der Waals surface area contributed by atoms with Crippen LogP contribution in [-0.2, 0) is 26.9 Å². The Labute approximate surface area is 228 Å². The van der Waals surface area contributed by atoms with Crippen LogP contribution in [0.25, 0.3) is 0 Å². The number of halogens is 3. The second-order valence-corrected chi connectivity index (χ2v) is 9.14. The van der Waals surface area contributed by atoms with E-state index in [0.29, 0.717) is 17.7 Å². The maximum atomic E-state index is 13.5. The number of esters is 1. The zero-order valence-corrected chi connectivity index (χ0v) is 21.6. The van der Waals surface area contributed by atoms with Crippen LogP contribution in [0.2, 0.25) is 0 Å². The molecule has 11 heteroatoms. The number of alkyl halides is 3. The number of anilines is 2. The molecule has 0 spiro atoms. The highest BCUT2D eigenvalue weighted by Gasteiger charge is 2.44. The fraction of sp³-hybridized carbons (Fsp3) is 0.214. The van der Waals surface area contributed by atoms with E-state index in [2.05, 4.69) is 10.1 Å². The fourth-order valence-electron chi connectivity index (χ4n) is 4.24. The predicted octanol–water partition coefficient (Wildman–Crippen LogP) is 5.07. The van der Waals surface area contributed by atoms with Crippen LogP contribution in [0.5, 0.6) is 0 Å². The molecule has 0 bridgehead atoms. The van der Waals surface area contributed by atoms with Crippen LogP contribution in [0.1, 0.15) is 27.9 Å². The van der Waals surface area contributed by atoms with Gasteiger partial charge in [-0.05, 0) is 66.7 Å². The molecule has 1 aliphatic rings. The Morgan fingerprint density at radius 1 is 1.00 bits per heavy atom. The van der Waals surface area contributed by atoms with E-state index in [-0.39, 0.29) is 23.8 Å². The average Bonchev–Trinajstić information content (AvgIpc) is 3.15. The van der Waals surface area contributed by atoms with E-state index in [9.17, 15) is 27.6 Å². The van der Waals surface area contributed by atoms with Crippen LogP contribution in [0.4, 0.5) is 24.5 Å². The van der Waals surface area contributed by atoms with Gasteiger partial charge in [0.05, 0.1) is 30.3 Å². The number of thiocarbonyl (C=S) groups is 1. The minimum absolute atomic E-state index is 0.0224. The number of carbonyl (C=O) groups excluding carboxylic acids is 3. The van der Waals surface area contributed by atoms with E-state index >= 15 is 0 Å². The van der Waals surface area contributed by atoms with Gasteiger partial charge in [-0.2, -0.15) is 13.2 Å². The van der Waals surface area contributed by atoms with Crippen LogP contribution in [0.15, 0.2) is 78.9 Å². The van der Waals surface area contributed by atoms with E-state index in [4.69, 9.17) is 12.2 Å². The molecule has 1 heterocycles. The third-order valence-corrected chi connectivity index (χ3v) is 6.62. The second kappa shape index (κ2) is 11.6. The smallest absolute Gasteiger partial charge is 0.416 e. The van der Waals surface area contributed by atoms with Crippen LogP contribution < -0.4 is 10.2 Å². The highest BCUT2D eigenvalue weighted by molar-refractivity contribution is 7.80. The Bertz CT molecular complexity index is 1380. The van der Waals surface area contributed by atoms with Gasteiger partial charge in [-0.25, -0.2) is 4.79 Å². The predicted molar refractivity (Wildman–Crippen MR) is 143 cm³/mol. The standard InChI is InChI=1S/C28H24F3N3O4S/c1-38-26(37)19-10-12-21(13-11-19)32-24(35)17-23-25(36)34(22-9-5-8-20(16-22)28(29,30)31)27(39)33(23)15-14-18-6-3-2-4-7-18/h2-13,16,23H,14-15,17H2,1H3,(H,32,35)/t23-/m1/s1. The summed E-state index contributed by atoms with van der Waals surface area (Å²) in [5.74, 6) is -1.62. The number of carbonyl (C=O) groups is 3. The first-order valence-corrected chi connectivity index (χ1v) is 12.3. The van der Waals surface area contributed by atoms with Gasteiger partial charge in [0.2, 0.25) is 5.91 Å². The maximum Gasteiger partial charge on any atom is 0.416 e. The summed E-state index contributed by atoms with van der Waals surface area (Å²) in [5, 5.41) is 2.71. The Morgan fingerprint density at radius 2 is 1.69 bits per heavy atom. The van der Waals surface area contributed by atoms with Crippen molar-refractivity contribution in [1.82, 2.24) is 4.90 Å². The van der Waals surface area contributed by atoms with Gasteiger partial charge < -0.3 is 15.0 Å². The Kier molecular flexibility index (Phi) is 8.29. The van der Waals surface area contributed by atoms with E-state index in [1.165, 1.54) is 43.5 Å². The lowest BCUT2D eigenvalue weighted by Gasteiger charge is -2.24. The SMILES string of the molecule is COC(=O)c1ccc(NC(=O)C[C@@H]2C(=O)N(c3cccc(C(F)(F)F)c3)C(=S)N2CCc2ccccc2)cc1. The summed E-state index contributed by atoms with van der Waals surface area (Å²) in [7, 11) is 1.26. The first-order chi connectivity index (χ1) is 18.6. The largest absolute Gasteiger partial charge is 0.465 e. The van der Waals surface area contributed by atoms with Crippen molar-refractivity contribution in [3.8, 4) is 0 Å². The van der Waals surface area contributed by atoms with Crippen molar-refractivity contribution in [3.05, 3.63) is 95.6 Å². The molecule has 202 valence electrons. The molecule has 39 heavy (non-hydrogen) atoms. The topological polar surface area (TPSA) is 78.9 Å². The number of hydrogen-bond donors (Lipinski definition) is 1. The monoisotopic (exact) mass is 555 g/mol. The number of methoxy groups -OCH3 is 1. The molecule has 1 atom stereocenters. The third-order valence-electron chi connectivity index (χ3n) is 6.20. The normalized spacial score (nSPS) is 15.4. The first-order valence-electron chi connectivity index (χ1n) is 11.9. The number of ether oxygens (including phenoxy) is 1. The molecule has 0 aliphatic carbocycles. The molecule has 0 radical (unpaired) electrons. The molecule has 0 aromatic heterocycles. The highest BCUT2D eigenvalue weighted by Crippen LogP contribution is 2.34. The number of nitrogens with one attached hydrogen (secondary N) is 1. The highest BCUT2D eigenvalue weighted by atomic mass is 32.1. The summed E-state index contributed by atoms with van der Waals surface area (Å²) in [4.78, 5) is 40.7. The molecule has 0 unspecified atom stereocenters.